The van der Waals surface area contributed by atoms with E-state index >= 15 is 0 Å². The van der Waals surface area contributed by atoms with E-state index in [0.29, 0.717) is 6.61 Å². The largest absolute Gasteiger partial charge is 0.479 e. The molecule has 0 radical (unpaired) electrons. The van der Waals surface area contributed by atoms with Gasteiger partial charge in [0.05, 0.1) is 19.8 Å². The molecular formula is C8H15NO6. The van der Waals surface area contributed by atoms with Gasteiger partial charge in [0.25, 0.3) is 0 Å². The third-order valence-electron chi connectivity index (χ3n) is 1.44. The predicted molar refractivity (Wildman–Crippen MR) is 49.3 cm³/mol. The fraction of sp³-hybridized carbons (Fsp3) is 0.750. The van der Waals surface area contributed by atoms with Crippen molar-refractivity contribution in [2.45, 2.75) is 6.10 Å². The Morgan fingerprint density at radius 1 is 1.40 bits per heavy atom. The third kappa shape index (κ3) is 7.86. The number of carbonyl (C=O) groups excluding carboxylic acids is 1. The van der Waals surface area contributed by atoms with E-state index in [9.17, 15) is 9.59 Å². The number of aliphatic hydroxyl groups is 1. The summed E-state index contributed by atoms with van der Waals surface area (Å²) in [4.78, 5) is 21.1. The van der Waals surface area contributed by atoms with E-state index in [-0.39, 0.29) is 19.8 Å². The second-order valence-electron chi connectivity index (χ2n) is 2.70. The van der Waals surface area contributed by atoms with Gasteiger partial charge in [-0.3, -0.25) is 4.79 Å². The van der Waals surface area contributed by atoms with E-state index in [4.69, 9.17) is 14.9 Å². The zero-order valence-corrected chi connectivity index (χ0v) is 8.43. The summed E-state index contributed by atoms with van der Waals surface area (Å²) in [7, 11) is 1.51. The summed E-state index contributed by atoms with van der Waals surface area (Å²) >= 11 is 0. The highest BCUT2D eigenvalue weighted by Gasteiger charge is 2.13. The Balaban J connectivity index is 3.45. The van der Waals surface area contributed by atoms with Gasteiger partial charge in [-0.15, -0.1) is 0 Å². The minimum Gasteiger partial charge on any atom is -0.479 e. The molecule has 0 rings (SSSR count). The molecule has 0 aromatic rings. The minimum atomic E-state index is -1.59. The Labute approximate surface area is 87.0 Å². The molecule has 15 heavy (non-hydrogen) atoms. The molecule has 1 unspecified atom stereocenters. The standard InChI is InChI=1S/C8H15NO6/c1-14-2-3-15-5-7(11)9-4-6(10)8(12)13/h6,10H,2-5H2,1H3,(H,9,11)(H,12,13). The number of carboxylic acid groups (broad SMARTS) is 1. The van der Waals surface area contributed by atoms with Gasteiger partial charge < -0.3 is 25.0 Å². The van der Waals surface area contributed by atoms with Crippen LogP contribution in [0.25, 0.3) is 0 Å². The number of aliphatic hydroxyl groups excluding tert-OH is 1. The van der Waals surface area contributed by atoms with Gasteiger partial charge in [-0.2, -0.15) is 0 Å². The zero-order valence-electron chi connectivity index (χ0n) is 8.43. The first-order chi connectivity index (χ1) is 7.07. The van der Waals surface area contributed by atoms with Crippen molar-refractivity contribution < 1.29 is 29.3 Å². The molecule has 7 nitrogen and oxygen atoms in total. The Hall–Kier alpha value is -1.18. The Bertz CT molecular complexity index is 207. The quantitative estimate of drug-likeness (QED) is 0.418. The van der Waals surface area contributed by atoms with Crippen LogP contribution in [-0.4, -0.2) is 61.7 Å². The molecule has 0 saturated heterocycles. The van der Waals surface area contributed by atoms with Crippen LogP contribution in [0.4, 0.5) is 0 Å². The van der Waals surface area contributed by atoms with Crippen LogP contribution in [-0.2, 0) is 19.1 Å². The second-order valence-corrected chi connectivity index (χ2v) is 2.70. The number of rotatable bonds is 8. The molecule has 0 fully saturated rings. The van der Waals surface area contributed by atoms with Crippen LogP contribution in [0.3, 0.4) is 0 Å². The van der Waals surface area contributed by atoms with Gasteiger partial charge in [0, 0.05) is 7.11 Å². The molecular weight excluding hydrogens is 206 g/mol. The van der Waals surface area contributed by atoms with Crippen molar-refractivity contribution in [2.75, 3.05) is 33.5 Å². The summed E-state index contributed by atoms with van der Waals surface area (Å²) < 4.78 is 9.54. The average molecular weight is 221 g/mol. The number of ether oxygens (including phenoxy) is 2. The van der Waals surface area contributed by atoms with Crippen molar-refractivity contribution in [3.05, 3.63) is 0 Å². The Morgan fingerprint density at radius 3 is 2.60 bits per heavy atom. The monoisotopic (exact) mass is 221 g/mol. The maximum Gasteiger partial charge on any atom is 0.334 e. The Morgan fingerprint density at radius 2 is 2.07 bits per heavy atom. The van der Waals surface area contributed by atoms with Crippen LogP contribution in [0.15, 0.2) is 0 Å². The number of carbonyl (C=O) groups is 2. The first kappa shape index (κ1) is 13.8. The van der Waals surface area contributed by atoms with Gasteiger partial charge in [0.1, 0.15) is 6.61 Å². The molecule has 88 valence electrons. The van der Waals surface area contributed by atoms with E-state index in [2.05, 4.69) is 10.1 Å². The highest BCUT2D eigenvalue weighted by molar-refractivity contribution is 5.78. The van der Waals surface area contributed by atoms with Gasteiger partial charge in [-0.05, 0) is 0 Å². The molecule has 0 heterocycles. The summed E-state index contributed by atoms with van der Waals surface area (Å²) in [5.41, 5.74) is 0. The molecule has 0 bridgehead atoms. The lowest BCUT2D eigenvalue weighted by molar-refractivity contribution is -0.146. The van der Waals surface area contributed by atoms with Crippen LogP contribution in [0.1, 0.15) is 0 Å². The number of nitrogens with one attached hydrogen (secondary N) is 1. The van der Waals surface area contributed by atoms with E-state index < -0.39 is 18.0 Å². The third-order valence-corrected chi connectivity index (χ3v) is 1.44. The lowest BCUT2D eigenvalue weighted by Crippen LogP contribution is -2.38. The van der Waals surface area contributed by atoms with Crippen LogP contribution in [0.5, 0.6) is 0 Å². The molecule has 3 N–H and O–H groups in total. The molecule has 0 saturated carbocycles. The first-order valence-corrected chi connectivity index (χ1v) is 4.32. The van der Waals surface area contributed by atoms with E-state index in [1.807, 2.05) is 0 Å². The van der Waals surface area contributed by atoms with Crippen molar-refractivity contribution in [2.24, 2.45) is 0 Å². The van der Waals surface area contributed by atoms with Crippen LogP contribution in [0.2, 0.25) is 0 Å². The predicted octanol–water partition coefficient (Wildman–Crippen LogP) is -1.79. The number of aliphatic carboxylic acids is 1. The average Bonchev–Trinajstić information content (AvgIpc) is 2.20. The van der Waals surface area contributed by atoms with E-state index in [0.717, 1.165) is 0 Å². The molecule has 0 aromatic carbocycles. The molecule has 7 heteroatoms. The van der Waals surface area contributed by atoms with Gasteiger partial charge in [0.15, 0.2) is 6.10 Å². The number of carboxylic acids is 1. The zero-order chi connectivity index (χ0) is 11.7. The molecule has 1 atom stereocenters. The summed E-state index contributed by atoms with van der Waals surface area (Å²) in [6.07, 6.45) is -1.59. The van der Waals surface area contributed by atoms with Gasteiger partial charge in [-0.25, -0.2) is 4.79 Å². The van der Waals surface area contributed by atoms with E-state index in [1.165, 1.54) is 7.11 Å². The van der Waals surface area contributed by atoms with Crippen molar-refractivity contribution in [3.8, 4) is 0 Å². The summed E-state index contributed by atoms with van der Waals surface area (Å²) in [5.74, 6) is -1.86. The van der Waals surface area contributed by atoms with Crippen LogP contribution < -0.4 is 5.32 Å². The molecule has 1 amide bonds. The minimum absolute atomic E-state index is 0.185. The first-order valence-electron chi connectivity index (χ1n) is 4.32. The maximum atomic E-state index is 11.0. The van der Waals surface area contributed by atoms with Crippen molar-refractivity contribution in [1.29, 1.82) is 0 Å². The van der Waals surface area contributed by atoms with E-state index in [1.54, 1.807) is 0 Å². The summed E-state index contributed by atoms with van der Waals surface area (Å²) in [6.45, 7) is 0.147. The topological polar surface area (TPSA) is 105 Å². The molecule has 0 spiro atoms. The molecule has 0 aromatic heterocycles. The maximum absolute atomic E-state index is 11.0. The fourth-order valence-electron chi connectivity index (χ4n) is 0.656. The smallest absolute Gasteiger partial charge is 0.334 e. The number of methoxy groups -OCH3 is 1. The molecule has 0 aliphatic heterocycles. The van der Waals surface area contributed by atoms with Gasteiger partial charge >= 0.3 is 5.97 Å². The SMILES string of the molecule is COCCOCC(=O)NCC(O)C(=O)O. The lowest BCUT2D eigenvalue weighted by atomic mass is 10.3. The lowest BCUT2D eigenvalue weighted by Gasteiger charge is -2.07. The van der Waals surface area contributed by atoms with Gasteiger partial charge in [-0.1, -0.05) is 0 Å². The van der Waals surface area contributed by atoms with Crippen LogP contribution in [0, 0.1) is 0 Å². The fourth-order valence-corrected chi connectivity index (χ4v) is 0.656. The van der Waals surface area contributed by atoms with Crippen LogP contribution >= 0.6 is 0 Å². The second kappa shape index (κ2) is 8.16. The van der Waals surface area contributed by atoms with Crippen molar-refractivity contribution >= 4 is 11.9 Å². The highest BCUT2D eigenvalue weighted by atomic mass is 16.5. The van der Waals surface area contributed by atoms with Crippen molar-refractivity contribution in [3.63, 3.8) is 0 Å². The normalized spacial score (nSPS) is 12.1. The summed E-state index contributed by atoms with van der Waals surface area (Å²) in [6, 6.07) is 0. The molecule has 0 aliphatic rings. The Kier molecular flexibility index (Phi) is 7.51. The van der Waals surface area contributed by atoms with Gasteiger partial charge in [0.2, 0.25) is 5.91 Å². The van der Waals surface area contributed by atoms with Crippen molar-refractivity contribution in [1.82, 2.24) is 5.32 Å². The summed E-state index contributed by atoms with van der Waals surface area (Å²) in [5, 5.41) is 19.3. The highest BCUT2D eigenvalue weighted by Crippen LogP contribution is 1.81. The number of hydrogen-bond acceptors (Lipinski definition) is 5. The molecule has 0 aliphatic carbocycles. The number of amides is 1. The number of hydrogen-bond donors (Lipinski definition) is 3.